The maximum Gasteiger partial charge on any atom is 0.389 e. The van der Waals surface area contributed by atoms with Gasteiger partial charge in [-0.1, -0.05) is 43.2 Å². The summed E-state index contributed by atoms with van der Waals surface area (Å²) in [6, 6.07) is 10.4. The Balaban J connectivity index is 1.46. The molecule has 46 heavy (non-hydrogen) atoms. The molecule has 2 aromatic rings. The molecule has 2 amide bonds. The van der Waals surface area contributed by atoms with Crippen molar-refractivity contribution in [3.63, 3.8) is 0 Å². The van der Waals surface area contributed by atoms with Crippen molar-refractivity contribution in [2.24, 2.45) is 11.3 Å². The molecule has 1 N–H and O–H groups in total. The van der Waals surface area contributed by atoms with Crippen LogP contribution in [0.3, 0.4) is 0 Å². The Hall–Kier alpha value is -3.35. The molecule has 0 unspecified atom stereocenters. The monoisotopic (exact) mass is 655 g/mol. The van der Waals surface area contributed by atoms with Crippen LogP contribution in [0.1, 0.15) is 74.6 Å². The third kappa shape index (κ3) is 7.44. The second kappa shape index (κ2) is 13.0. The van der Waals surface area contributed by atoms with Crippen LogP contribution in [0.15, 0.2) is 47.4 Å². The number of rotatable bonds is 7. The van der Waals surface area contributed by atoms with E-state index in [1.54, 1.807) is 29.2 Å². The van der Waals surface area contributed by atoms with Crippen molar-refractivity contribution >= 4 is 11.8 Å². The smallest absolute Gasteiger partial charge is 0.387 e. The van der Waals surface area contributed by atoms with Crippen LogP contribution in [0.2, 0.25) is 0 Å². The lowest BCUT2D eigenvalue weighted by Gasteiger charge is -2.53. The molecule has 1 spiro atoms. The molecule has 2 saturated heterocycles. The summed E-state index contributed by atoms with van der Waals surface area (Å²) in [5.41, 5.74) is -1.68. The van der Waals surface area contributed by atoms with Crippen LogP contribution >= 0.6 is 0 Å². The van der Waals surface area contributed by atoms with Gasteiger partial charge in [0.05, 0.1) is 36.5 Å². The van der Waals surface area contributed by atoms with Crippen LogP contribution in [-0.4, -0.2) is 75.4 Å². The molecule has 3 aliphatic rings. The molecule has 1 aliphatic carbocycles. The third-order valence-corrected chi connectivity index (χ3v) is 9.97. The van der Waals surface area contributed by atoms with E-state index in [0.717, 1.165) is 24.2 Å². The number of aliphatic hydroxyl groups is 1. The number of nitrogens with zero attached hydrogens (tertiary/aromatic N) is 3. The standard InChI is InChI=1S/C33H39F6N3O4/c34-32(35,36)18-24(19-33(37,38)39)28(44)41-16-13-31(46,30(21-41)11-5-6-12-30)22-42-20-26(29(45)40-14-7-2-8-15-40)25(17-27(42)43)23-9-3-1-4-10-23/h1,3-4,9-10,17,20,24,46H,2,5-8,11-16,18-19,21-22H2/t31-/m1/s1. The molecule has 7 nitrogen and oxygen atoms in total. The first-order valence-electron chi connectivity index (χ1n) is 15.8. The maximum absolute atomic E-state index is 13.8. The number of carbonyl (C=O) groups excluding carboxylic acids is 2. The zero-order chi connectivity index (χ0) is 33.3. The molecule has 13 heteroatoms. The summed E-state index contributed by atoms with van der Waals surface area (Å²) < 4.78 is 80.6. The molecular weight excluding hydrogens is 616 g/mol. The van der Waals surface area contributed by atoms with Gasteiger partial charge in [0.25, 0.3) is 11.5 Å². The Morgan fingerprint density at radius 1 is 0.826 bits per heavy atom. The zero-order valence-corrected chi connectivity index (χ0v) is 25.5. The SMILES string of the molecule is O=C(c1cn(C[C@]2(O)CCN(C(=O)C(CC(F)(F)F)CC(F)(F)F)CC23CCCC3)c(=O)cc1-c1ccccc1)N1CCCCC1. The Bertz CT molecular complexity index is 1450. The Morgan fingerprint density at radius 2 is 1.43 bits per heavy atom. The quantitative estimate of drug-likeness (QED) is 0.361. The first kappa shape index (κ1) is 34.0. The minimum Gasteiger partial charge on any atom is -0.387 e. The second-order valence-corrected chi connectivity index (χ2v) is 13.2. The molecule has 2 aliphatic heterocycles. The van der Waals surface area contributed by atoms with E-state index in [-0.39, 0.29) is 32.0 Å². The average Bonchev–Trinajstić information content (AvgIpc) is 3.48. The molecule has 252 valence electrons. The number of piperidine rings is 2. The Morgan fingerprint density at radius 3 is 2.02 bits per heavy atom. The minimum atomic E-state index is -4.97. The number of alkyl halides is 6. The van der Waals surface area contributed by atoms with Crippen LogP contribution in [0.25, 0.3) is 11.1 Å². The van der Waals surface area contributed by atoms with Crippen molar-refractivity contribution in [2.75, 3.05) is 26.2 Å². The summed E-state index contributed by atoms with van der Waals surface area (Å²) in [6.07, 6.45) is -7.64. The highest BCUT2D eigenvalue weighted by Crippen LogP contribution is 2.52. The predicted octanol–water partition coefficient (Wildman–Crippen LogP) is 6.19. The summed E-state index contributed by atoms with van der Waals surface area (Å²) >= 11 is 0. The van der Waals surface area contributed by atoms with E-state index in [1.807, 2.05) is 6.07 Å². The number of benzene rings is 1. The number of carbonyl (C=O) groups is 2. The highest BCUT2D eigenvalue weighted by atomic mass is 19.4. The molecular formula is C33H39F6N3O4. The topological polar surface area (TPSA) is 82.9 Å². The molecule has 1 aromatic carbocycles. The zero-order valence-electron chi connectivity index (χ0n) is 25.5. The van der Waals surface area contributed by atoms with Crippen LogP contribution in [0, 0.1) is 11.3 Å². The summed E-state index contributed by atoms with van der Waals surface area (Å²) in [6.45, 7) is 0.433. The average molecular weight is 656 g/mol. The fourth-order valence-electron chi connectivity index (χ4n) is 7.62. The van der Waals surface area contributed by atoms with E-state index in [2.05, 4.69) is 0 Å². The minimum absolute atomic E-state index is 0.147. The van der Waals surface area contributed by atoms with Gasteiger partial charge in [-0.2, -0.15) is 26.3 Å². The van der Waals surface area contributed by atoms with Crippen molar-refractivity contribution < 1.29 is 41.0 Å². The number of amides is 2. The number of halogens is 6. The summed E-state index contributed by atoms with van der Waals surface area (Å²) in [5, 5.41) is 12.2. The van der Waals surface area contributed by atoms with Crippen LogP contribution in [0.5, 0.6) is 0 Å². The molecule has 1 atom stereocenters. The molecule has 3 heterocycles. The highest BCUT2D eigenvalue weighted by molar-refractivity contribution is 6.00. The van der Waals surface area contributed by atoms with Gasteiger partial charge in [-0.3, -0.25) is 14.4 Å². The molecule has 3 fully saturated rings. The molecule has 1 aromatic heterocycles. The van der Waals surface area contributed by atoms with E-state index < -0.39 is 53.6 Å². The highest BCUT2D eigenvalue weighted by Gasteiger charge is 2.56. The number of aromatic nitrogens is 1. The lowest BCUT2D eigenvalue weighted by Crippen LogP contribution is -2.62. The Kier molecular flexibility index (Phi) is 9.64. The van der Waals surface area contributed by atoms with Gasteiger partial charge in [-0.25, -0.2) is 0 Å². The van der Waals surface area contributed by atoms with Gasteiger partial charge < -0.3 is 19.5 Å². The van der Waals surface area contributed by atoms with E-state index >= 15 is 0 Å². The van der Waals surface area contributed by atoms with Crippen molar-refractivity contribution in [1.82, 2.24) is 14.4 Å². The second-order valence-electron chi connectivity index (χ2n) is 13.2. The maximum atomic E-state index is 13.8. The third-order valence-electron chi connectivity index (χ3n) is 9.97. The van der Waals surface area contributed by atoms with Gasteiger partial charge in [0.1, 0.15) is 0 Å². The summed E-state index contributed by atoms with van der Waals surface area (Å²) in [4.78, 5) is 43.4. The predicted molar refractivity (Wildman–Crippen MR) is 158 cm³/mol. The molecule has 0 radical (unpaired) electrons. The molecule has 1 saturated carbocycles. The van der Waals surface area contributed by atoms with Gasteiger partial charge in [-0.15, -0.1) is 0 Å². The van der Waals surface area contributed by atoms with E-state index in [0.29, 0.717) is 55.5 Å². The summed E-state index contributed by atoms with van der Waals surface area (Å²) in [5.74, 6) is -3.79. The van der Waals surface area contributed by atoms with E-state index in [1.165, 1.54) is 16.8 Å². The van der Waals surface area contributed by atoms with Gasteiger partial charge in [0.2, 0.25) is 5.91 Å². The Labute approximate surface area is 263 Å². The normalized spacial score (nSPS) is 22.1. The largest absolute Gasteiger partial charge is 0.389 e. The van der Waals surface area contributed by atoms with Gasteiger partial charge in [0, 0.05) is 49.4 Å². The lowest BCUT2D eigenvalue weighted by atomic mass is 9.65. The van der Waals surface area contributed by atoms with E-state index in [9.17, 15) is 45.8 Å². The fraction of sp³-hybridized carbons (Fsp3) is 0.606. The number of pyridine rings is 1. The lowest BCUT2D eigenvalue weighted by molar-refractivity contribution is -0.190. The molecule has 0 bridgehead atoms. The first-order valence-corrected chi connectivity index (χ1v) is 15.8. The number of likely N-dealkylation sites (tertiary alicyclic amines) is 2. The number of hydrogen-bond acceptors (Lipinski definition) is 4. The summed E-state index contributed by atoms with van der Waals surface area (Å²) in [7, 11) is 0. The van der Waals surface area contributed by atoms with E-state index in [4.69, 9.17) is 0 Å². The van der Waals surface area contributed by atoms with Crippen molar-refractivity contribution in [3.8, 4) is 11.1 Å². The van der Waals surface area contributed by atoms with Crippen LogP contribution in [0.4, 0.5) is 26.3 Å². The van der Waals surface area contributed by atoms with Gasteiger partial charge in [-0.05, 0) is 44.1 Å². The number of hydrogen-bond donors (Lipinski definition) is 1. The van der Waals surface area contributed by atoms with Crippen LogP contribution < -0.4 is 5.56 Å². The fourth-order valence-corrected chi connectivity index (χ4v) is 7.62. The molecule has 5 rings (SSSR count). The van der Waals surface area contributed by atoms with Crippen molar-refractivity contribution in [3.05, 3.63) is 58.5 Å². The van der Waals surface area contributed by atoms with Crippen LogP contribution in [-0.2, 0) is 11.3 Å². The van der Waals surface area contributed by atoms with Gasteiger partial charge >= 0.3 is 12.4 Å². The first-order chi connectivity index (χ1) is 21.6. The van der Waals surface area contributed by atoms with Crippen molar-refractivity contribution in [1.29, 1.82) is 0 Å². The van der Waals surface area contributed by atoms with Gasteiger partial charge in [0.15, 0.2) is 0 Å². The van der Waals surface area contributed by atoms with Crippen molar-refractivity contribution in [2.45, 2.75) is 88.7 Å².